The SMILES string of the molecule is COc1cccc(-c2ccc(NC(=O)c3ccc(NCCCN4CCOCC4)cc3)c3c2CCC3=O)c1OC. The van der Waals surface area contributed by atoms with Crippen LogP contribution in [0.25, 0.3) is 11.1 Å². The fraction of sp³-hybridized carbons (Fsp3) is 0.355. The second-order valence-corrected chi connectivity index (χ2v) is 9.74. The number of carbonyl (C=O) groups excluding carboxylic acids is 2. The number of methoxy groups -OCH3 is 2. The highest BCUT2D eigenvalue weighted by molar-refractivity contribution is 6.12. The predicted molar refractivity (Wildman–Crippen MR) is 152 cm³/mol. The van der Waals surface area contributed by atoms with Gasteiger partial charge in [-0.15, -0.1) is 0 Å². The van der Waals surface area contributed by atoms with Crippen LogP contribution in [0.2, 0.25) is 0 Å². The van der Waals surface area contributed by atoms with Crippen molar-refractivity contribution in [1.82, 2.24) is 4.90 Å². The zero-order chi connectivity index (χ0) is 27.2. The molecule has 5 rings (SSSR count). The molecule has 204 valence electrons. The molecule has 8 nitrogen and oxygen atoms in total. The molecular formula is C31H35N3O5. The molecule has 0 aromatic heterocycles. The Morgan fingerprint density at radius 3 is 2.49 bits per heavy atom. The maximum absolute atomic E-state index is 13.1. The van der Waals surface area contributed by atoms with Gasteiger partial charge >= 0.3 is 0 Å². The minimum atomic E-state index is -0.248. The number of carbonyl (C=O) groups is 2. The van der Waals surface area contributed by atoms with Crippen molar-refractivity contribution in [2.45, 2.75) is 19.3 Å². The smallest absolute Gasteiger partial charge is 0.255 e. The molecule has 1 fully saturated rings. The number of morpholine rings is 1. The summed E-state index contributed by atoms with van der Waals surface area (Å²) in [5.74, 6) is 1.02. The molecule has 1 amide bonds. The van der Waals surface area contributed by atoms with Gasteiger partial charge in [-0.1, -0.05) is 18.2 Å². The van der Waals surface area contributed by atoms with E-state index in [2.05, 4.69) is 15.5 Å². The highest BCUT2D eigenvalue weighted by Crippen LogP contribution is 2.43. The number of nitrogens with one attached hydrogen (secondary N) is 2. The number of Topliss-reactive ketones (excluding diaryl/α,β-unsaturated/α-hetero) is 1. The van der Waals surface area contributed by atoms with Crippen molar-refractivity contribution in [2.75, 3.05) is 64.2 Å². The Morgan fingerprint density at radius 1 is 0.949 bits per heavy atom. The molecule has 0 spiro atoms. The molecule has 0 atom stereocenters. The fourth-order valence-electron chi connectivity index (χ4n) is 5.34. The lowest BCUT2D eigenvalue weighted by atomic mass is 9.94. The van der Waals surface area contributed by atoms with E-state index in [0.29, 0.717) is 41.2 Å². The van der Waals surface area contributed by atoms with Gasteiger partial charge in [-0.05, 0) is 66.9 Å². The average molecular weight is 530 g/mol. The van der Waals surface area contributed by atoms with E-state index in [4.69, 9.17) is 14.2 Å². The average Bonchev–Trinajstić information content (AvgIpc) is 3.37. The summed E-state index contributed by atoms with van der Waals surface area (Å²) in [6, 6.07) is 16.9. The summed E-state index contributed by atoms with van der Waals surface area (Å²) in [5, 5.41) is 6.40. The largest absolute Gasteiger partial charge is 0.493 e. The fourth-order valence-corrected chi connectivity index (χ4v) is 5.34. The number of hydrogen-bond acceptors (Lipinski definition) is 7. The quantitative estimate of drug-likeness (QED) is 0.362. The van der Waals surface area contributed by atoms with E-state index in [1.807, 2.05) is 36.4 Å². The normalized spacial score (nSPS) is 15.1. The summed E-state index contributed by atoms with van der Waals surface area (Å²) in [7, 11) is 3.21. The molecule has 3 aromatic rings. The third-order valence-electron chi connectivity index (χ3n) is 7.37. The van der Waals surface area contributed by atoms with Gasteiger partial charge in [-0.25, -0.2) is 0 Å². The van der Waals surface area contributed by atoms with Gasteiger partial charge in [-0.2, -0.15) is 0 Å². The van der Waals surface area contributed by atoms with Crippen LogP contribution in [0.3, 0.4) is 0 Å². The Morgan fingerprint density at radius 2 is 1.74 bits per heavy atom. The number of fused-ring (bicyclic) bond motifs is 1. The van der Waals surface area contributed by atoms with Crippen LogP contribution in [-0.2, 0) is 11.2 Å². The number of hydrogen-bond donors (Lipinski definition) is 2. The first-order valence-corrected chi connectivity index (χ1v) is 13.4. The molecule has 1 aliphatic heterocycles. The maximum atomic E-state index is 13.1. The van der Waals surface area contributed by atoms with Gasteiger partial charge in [0.05, 0.1) is 33.1 Å². The number of rotatable bonds is 10. The van der Waals surface area contributed by atoms with E-state index in [1.54, 1.807) is 32.4 Å². The van der Waals surface area contributed by atoms with E-state index >= 15 is 0 Å². The van der Waals surface area contributed by atoms with Crippen molar-refractivity contribution < 1.29 is 23.8 Å². The Bertz CT molecular complexity index is 1330. The summed E-state index contributed by atoms with van der Waals surface area (Å²) < 4.78 is 16.5. The molecule has 2 aliphatic rings. The standard InChI is InChI=1S/C31H35N3O5/c1-37-28-6-3-5-25(30(28)38-2)23-11-13-26(29-24(23)12-14-27(29)35)33-31(36)21-7-9-22(10-8-21)32-15-4-16-34-17-19-39-20-18-34/h3,5-11,13,32H,4,12,14-20H2,1-2H3,(H,33,36). The molecule has 3 aromatic carbocycles. The second-order valence-electron chi connectivity index (χ2n) is 9.74. The van der Waals surface area contributed by atoms with Gasteiger partial charge in [0.2, 0.25) is 0 Å². The zero-order valence-electron chi connectivity index (χ0n) is 22.5. The number of amides is 1. The number of para-hydroxylation sites is 1. The van der Waals surface area contributed by atoms with Crippen LogP contribution in [0.5, 0.6) is 11.5 Å². The topological polar surface area (TPSA) is 89.1 Å². The molecule has 0 unspecified atom stereocenters. The lowest BCUT2D eigenvalue weighted by Gasteiger charge is -2.26. The van der Waals surface area contributed by atoms with E-state index < -0.39 is 0 Å². The molecule has 1 aliphatic carbocycles. The Kier molecular flexibility index (Phi) is 8.44. The number of ether oxygens (including phenoxy) is 3. The molecule has 1 saturated heterocycles. The summed E-state index contributed by atoms with van der Waals surface area (Å²) in [6.45, 7) is 5.53. The second kappa shape index (κ2) is 12.3. The first-order chi connectivity index (χ1) is 19.1. The zero-order valence-corrected chi connectivity index (χ0v) is 22.5. The van der Waals surface area contributed by atoms with Gasteiger partial charge in [-0.3, -0.25) is 14.5 Å². The van der Waals surface area contributed by atoms with E-state index in [9.17, 15) is 9.59 Å². The number of benzene rings is 3. The summed E-state index contributed by atoms with van der Waals surface area (Å²) in [5.41, 5.74) is 5.30. The lowest BCUT2D eigenvalue weighted by molar-refractivity contribution is 0.0378. The number of ketones is 1. The minimum Gasteiger partial charge on any atom is -0.493 e. The highest BCUT2D eigenvalue weighted by atomic mass is 16.5. The maximum Gasteiger partial charge on any atom is 0.255 e. The van der Waals surface area contributed by atoms with Crippen molar-refractivity contribution >= 4 is 23.1 Å². The van der Waals surface area contributed by atoms with Crippen LogP contribution in [0.1, 0.15) is 39.1 Å². The van der Waals surface area contributed by atoms with Crippen LogP contribution < -0.4 is 20.1 Å². The van der Waals surface area contributed by atoms with Gasteiger partial charge in [0.1, 0.15) is 0 Å². The molecule has 0 saturated carbocycles. The van der Waals surface area contributed by atoms with Crippen LogP contribution in [0, 0.1) is 0 Å². The van der Waals surface area contributed by atoms with Crippen LogP contribution in [0.15, 0.2) is 54.6 Å². The van der Waals surface area contributed by atoms with Gasteiger partial charge in [0, 0.05) is 48.4 Å². The first kappa shape index (κ1) is 26.7. The van der Waals surface area contributed by atoms with Crippen molar-refractivity contribution in [1.29, 1.82) is 0 Å². The molecule has 8 heteroatoms. The van der Waals surface area contributed by atoms with Gasteiger partial charge in [0.25, 0.3) is 5.91 Å². The van der Waals surface area contributed by atoms with Crippen molar-refractivity contribution in [2.24, 2.45) is 0 Å². The van der Waals surface area contributed by atoms with E-state index in [1.165, 1.54) is 0 Å². The molecule has 39 heavy (non-hydrogen) atoms. The van der Waals surface area contributed by atoms with E-state index in [-0.39, 0.29) is 11.7 Å². The summed E-state index contributed by atoms with van der Waals surface area (Å²) in [4.78, 5) is 28.4. The van der Waals surface area contributed by atoms with Crippen molar-refractivity contribution in [3.63, 3.8) is 0 Å². The van der Waals surface area contributed by atoms with Crippen LogP contribution >= 0.6 is 0 Å². The lowest BCUT2D eigenvalue weighted by Crippen LogP contribution is -2.37. The molecule has 0 radical (unpaired) electrons. The third-order valence-corrected chi connectivity index (χ3v) is 7.37. The van der Waals surface area contributed by atoms with Crippen LogP contribution in [-0.4, -0.2) is 70.2 Å². The van der Waals surface area contributed by atoms with Crippen LogP contribution in [0.4, 0.5) is 11.4 Å². The Labute approximate surface area is 229 Å². The minimum absolute atomic E-state index is 0.0284. The number of nitrogens with zero attached hydrogens (tertiary/aromatic N) is 1. The van der Waals surface area contributed by atoms with E-state index in [0.717, 1.165) is 68.2 Å². The van der Waals surface area contributed by atoms with Crippen molar-refractivity contribution in [3.05, 3.63) is 71.3 Å². The van der Waals surface area contributed by atoms with Gasteiger partial charge < -0.3 is 24.8 Å². The highest BCUT2D eigenvalue weighted by Gasteiger charge is 2.28. The summed E-state index contributed by atoms with van der Waals surface area (Å²) >= 11 is 0. The molecule has 2 N–H and O–H groups in total. The monoisotopic (exact) mass is 529 g/mol. The van der Waals surface area contributed by atoms with Gasteiger partial charge in [0.15, 0.2) is 17.3 Å². The van der Waals surface area contributed by atoms with Crippen molar-refractivity contribution in [3.8, 4) is 22.6 Å². The Hall–Kier alpha value is -3.88. The number of anilines is 2. The first-order valence-electron chi connectivity index (χ1n) is 13.4. The summed E-state index contributed by atoms with van der Waals surface area (Å²) in [6.07, 6.45) is 2.06. The molecule has 1 heterocycles. The molecule has 0 bridgehead atoms. The third kappa shape index (κ3) is 5.92. The molecular weight excluding hydrogens is 494 g/mol. The Balaban J connectivity index is 1.27. The predicted octanol–water partition coefficient (Wildman–Crippen LogP) is 4.89.